The van der Waals surface area contributed by atoms with Crippen LogP contribution in [0.25, 0.3) is 0 Å². The van der Waals surface area contributed by atoms with Gasteiger partial charge in [-0.25, -0.2) is 0 Å². The molecule has 0 saturated heterocycles. The number of thiophene rings is 1. The predicted molar refractivity (Wildman–Crippen MR) is 71.2 cm³/mol. The molecule has 0 aromatic carbocycles. The molecule has 0 aliphatic rings. The van der Waals surface area contributed by atoms with E-state index in [0.29, 0.717) is 18.5 Å². The zero-order valence-corrected chi connectivity index (χ0v) is 11.6. The standard InChI is InChI=1S/C12H20ClNOS/c1-8(2)6-9(3)14-7-10(15)11-4-5-12(13)16-11/h4-5,8-10,14-15H,6-7H2,1-3H3. The first-order valence-electron chi connectivity index (χ1n) is 5.65. The summed E-state index contributed by atoms with van der Waals surface area (Å²) in [5.74, 6) is 0.677. The molecule has 2 atom stereocenters. The Balaban J connectivity index is 2.32. The Morgan fingerprint density at radius 3 is 2.56 bits per heavy atom. The molecule has 0 saturated carbocycles. The molecule has 1 aromatic heterocycles. The molecule has 0 amide bonds. The molecule has 0 bridgehead atoms. The van der Waals surface area contributed by atoms with E-state index in [4.69, 9.17) is 11.6 Å². The van der Waals surface area contributed by atoms with Gasteiger partial charge in [0, 0.05) is 17.5 Å². The van der Waals surface area contributed by atoms with E-state index in [9.17, 15) is 5.11 Å². The largest absolute Gasteiger partial charge is 0.386 e. The van der Waals surface area contributed by atoms with E-state index in [-0.39, 0.29) is 0 Å². The molecule has 2 nitrogen and oxygen atoms in total. The van der Waals surface area contributed by atoms with E-state index in [1.807, 2.05) is 12.1 Å². The van der Waals surface area contributed by atoms with Crippen LogP contribution in [0.1, 0.15) is 38.2 Å². The number of hydrogen-bond donors (Lipinski definition) is 2. The van der Waals surface area contributed by atoms with Gasteiger partial charge in [0.2, 0.25) is 0 Å². The van der Waals surface area contributed by atoms with E-state index in [0.717, 1.165) is 15.6 Å². The van der Waals surface area contributed by atoms with Crippen molar-refractivity contribution in [2.75, 3.05) is 6.54 Å². The summed E-state index contributed by atoms with van der Waals surface area (Å²) in [4.78, 5) is 0.925. The van der Waals surface area contributed by atoms with Gasteiger partial charge in [0.15, 0.2) is 0 Å². The average molecular weight is 262 g/mol. The molecule has 1 rings (SSSR count). The minimum atomic E-state index is -0.452. The number of hydrogen-bond acceptors (Lipinski definition) is 3. The van der Waals surface area contributed by atoms with Crippen LogP contribution >= 0.6 is 22.9 Å². The third-order valence-corrected chi connectivity index (χ3v) is 3.74. The van der Waals surface area contributed by atoms with Crippen LogP contribution in [0, 0.1) is 5.92 Å². The molecular formula is C12H20ClNOS. The normalized spacial score (nSPS) is 15.4. The first-order valence-corrected chi connectivity index (χ1v) is 6.85. The second-order valence-electron chi connectivity index (χ2n) is 4.60. The van der Waals surface area contributed by atoms with Gasteiger partial charge in [0.05, 0.1) is 4.34 Å². The highest BCUT2D eigenvalue weighted by Gasteiger charge is 2.12. The molecule has 16 heavy (non-hydrogen) atoms. The van der Waals surface area contributed by atoms with Crippen molar-refractivity contribution in [1.29, 1.82) is 0 Å². The molecule has 2 unspecified atom stereocenters. The second kappa shape index (κ2) is 6.60. The number of nitrogens with one attached hydrogen (secondary N) is 1. The average Bonchev–Trinajstić information content (AvgIpc) is 2.60. The van der Waals surface area contributed by atoms with Gasteiger partial charge in [-0.2, -0.15) is 0 Å². The van der Waals surface area contributed by atoms with Crippen molar-refractivity contribution in [3.63, 3.8) is 0 Å². The lowest BCUT2D eigenvalue weighted by Crippen LogP contribution is -2.31. The lowest BCUT2D eigenvalue weighted by molar-refractivity contribution is 0.172. The third-order valence-electron chi connectivity index (χ3n) is 2.41. The van der Waals surface area contributed by atoms with Crippen molar-refractivity contribution in [1.82, 2.24) is 5.32 Å². The SMILES string of the molecule is CC(C)CC(C)NCC(O)c1ccc(Cl)s1. The van der Waals surface area contributed by atoms with E-state index >= 15 is 0 Å². The van der Waals surface area contributed by atoms with Crippen molar-refractivity contribution in [2.24, 2.45) is 5.92 Å². The minimum Gasteiger partial charge on any atom is -0.386 e. The summed E-state index contributed by atoms with van der Waals surface area (Å²) in [7, 11) is 0. The van der Waals surface area contributed by atoms with Gasteiger partial charge in [0.1, 0.15) is 6.10 Å². The quantitative estimate of drug-likeness (QED) is 0.822. The van der Waals surface area contributed by atoms with Crippen LogP contribution in [0.5, 0.6) is 0 Å². The first-order chi connectivity index (χ1) is 7.49. The highest BCUT2D eigenvalue weighted by molar-refractivity contribution is 7.16. The maximum Gasteiger partial charge on any atom is 0.101 e. The maximum absolute atomic E-state index is 9.91. The summed E-state index contributed by atoms with van der Waals surface area (Å²) in [5, 5.41) is 13.2. The van der Waals surface area contributed by atoms with E-state index in [2.05, 4.69) is 26.1 Å². The zero-order valence-electron chi connectivity index (χ0n) is 10.0. The van der Waals surface area contributed by atoms with Gasteiger partial charge >= 0.3 is 0 Å². The summed E-state index contributed by atoms with van der Waals surface area (Å²) < 4.78 is 0.726. The van der Waals surface area contributed by atoms with Crippen LogP contribution in [0.3, 0.4) is 0 Å². The predicted octanol–water partition coefficient (Wildman–Crippen LogP) is 3.46. The Labute approximate surface area is 107 Å². The van der Waals surface area contributed by atoms with Crippen LogP contribution in [-0.4, -0.2) is 17.7 Å². The number of rotatable bonds is 6. The maximum atomic E-state index is 9.91. The molecule has 92 valence electrons. The fourth-order valence-corrected chi connectivity index (χ4v) is 2.76. The van der Waals surface area contributed by atoms with Crippen molar-refractivity contribution >= 4 is 22.9 Å². The number of halogens is 1. The Hall–Kier alpha value is -0.0900. The van der Waals surface area contributed by atoms with Gasteiger partial charge in [-0.1, -0.05) is 25.4 Å². The number of aliphatic hydroxyl groups excluding tert-OH is 1. The summed E-state index contributed by atoms with van der Waals surface area (Å²) >= 11 is 7.26. The molecule has 1 heterocycles. The molecule has 0 spiro atoms. The summed E-state index contributed by atoms with van der Waals surface area (Å²) in [5.41, 5.74) is 0. The monoisotopic (exact) mass is 261 g/mol. The Morgan fingerprint density at radius 2 is 2.06 bits per heavy atom. The van der Waals surface area contributed by atoms with Crippen LogP contribution < -0.4 is 5.32 Å². The third kappa shape index (κ3) is 4.83. The lowest BCUT2D eigenvalue weighted by atomic mass is 10.1. The molecule has 0 aliphatic carbocycles. The highest BCUT2D eigenvalue weighted by Crippen LogP contribution is 2.26. The Morgan fingerprint density at radius 1 is 1.38 bits per heavy atom. The minimum absolute atomic E-state index is 0.435. The van der Waals surface area contributed by atoms with Crippen LogP contribution in [0.4, 0.5) is 0 Å². The summed E-state index contributed by atoms with van der Waals surface area (Å²) in [6.07, 6.45) is 0.671. The van der Waals surface area contributed by atoms with Gasteiger partial charge < -0.3 is 10.4 Å². The van der Waals surface area contributed by atoms with Crippen molar-refractivity contribution in [3.8, 4) is 0 Å². The van der Waals surface area contributed by atoms with Crippen molar-refractivity contribution < 1.29 is 5.11 Å². The smallest absolute Gasteiger partial charge is 0.101 e. The van der Waals surface area contributed by atoms with Crippen molar-refractivity contribution in [2.45, 2.75) is 39.3 Å². The molecule has 4 heteroatoms. The van der Waals surface area contributed by atoms with Gasteiger partial charge in [-0.3, -0.25) is 0 Å². The second-order valence-corrected chi connectivity index (χ2v) is 6.34. The van der Waals surface area contributed by atoms with Gasteiger partial charge in [-0.15, -0.1) is 11.3 Å². The van der Waals surface area contributed by atoms with E-state index in [1.165, 1.54) is 11.3 Å². The number of aliphatic hydroxyl groups is 1. The Kier molecular flexibility index (Phi) is 5.76. The zero-order chi connectivity index (χ0) is 12.1. The summed E-state index contributed by atoms with van der Waals surface area (Å²) in [6, 6.07) is 4.14. The molecule has 0 aliphatic heterocycles. The van der Waals surface area contributed by atoms with Crippen LogP contribution in [-0.2, 0) is 0 Å². The van der Waals surface area contributed by atoms with Crippen LogP contribution in [0.15, 0.2) is 12.1 Å². The lowest BCUT2D eigenvalue weighted by Gasteiger charge is -2.18. The molecule has 1 aromatic rings. The van der Waals surface area contributed by atoms with Gasteiger partial charge in [-0.05, 0) is 31.4 Å². The van der Waals surface area contributed by atoms with E-state index < -0.39 is 6.10 Å². The topological polar surface area (TPSA) is 32.3 Å². The van der Waals surface area contributed by atoms with Crippen LogP contribution in [0.2, 0.25) is 4.34 Å². The van der Waals surface area contributed by atoms with Gasteiger partial charge in [0.25, 0.3) is 0 Å². The molecular weight excluding hydrogens is 242 g/mol. The molecule has 0 radical (unpaired) electrons. The summed E-state index contributed by atoms with van der Waals surface area (Å²) in [6.45, 7) is 7.14. The van der Waals surface area contributed by atoms with Crippen molar-refractivity contribution in [3.05, 3.63) is 21.3 Å². The molecule has 2 N–H and O–H groups in total. The van der Waals surface area contributed by atoms with E-state index in [1.54, 1.807) is 0 Å². The fourth-order valence-electron chi connectivity index (χ4n) is 1.71. The molecule has 0 fully saturated rings. The fraction of sp³-hybridized carbons (Fsp3) is 0.667. The highest BCUT2D eigenvalue weighted by atomic mass is 35.5. The first kappa shape index (κ1) is 14.0. The Bertz CT molecular complexity index is 314.